The molecule has 4 N–H and O–H groups in total. The maximum Gasteiger partial charge on any atom is 0.268 e. The van der Waals surface area contributed by atoms with Crippen LogP contribution in [0.3, 0.4) is 0 Å². The van der Waals surface area contributed by atoms with E-state index in [-0.39, 0.29) is 23.4 Å². The fraction of sp³-hybridized carbons (Fsp3) is 0.471. The SMILES string of the molecule is Cc1c(C(=O)NC2CC(N)C23CCC3)[nH]c2cc(Cl)cc(Cl)c12. The number of aromatic amines is 1. The Morgan fingerprint density at radius 2 is 2.13 bits per heavy atom. The number of rotatable bonds is 2. The summed E-state index contributed by atoms with van der Waals surface area (Å²) in [5.74, 6) is -0.0888. The number of aryl methyl sites for hydroxylation is 1. The normalized spacial score (nSPS) is 25.2. The van der Waals surface area contributed by atoms with E-state index in [9.17, 15) is 4.79 Å². The molecule has 1 spiro atoms. The highest BCUT2D eigenvalue weighted by Crippen LogP contribution is 2.55. The van der Waals surface area contributed by atoms with Gasteiger partial charge in [-0.25, -0.2) is 0 Å². The van der Waals surface area contributed by atoms with Crippen molar-refractivity contribution >= 4 is 40.0 Å². The first-order chi connectivity index (χ1) is 10.9. The minimum Gasteiger partial charge on any atom is -0.350 e. The molecule has 1 aromatic heterocycles. The second-order valence-electron chi connectivity index (χ2n) is 6.89. The van der Waals surface area contributed by atoms with Crippen molar-refractivity contribution in [1.82, 2.24) is 10.3 Å². The lowest BCUT2D eigenvalue weighted by Crippen LogP contribution is -2.69. The molecule has 2 aromatic rings. The maximum atomic E-state index is 12.7. The predicted octanol–water partition coefficient (Wildman–Crippen LogP) is 3.78. The fourth-order valence-corrected chi connectivity index (χ4v) is 4.83. The minimum absolute atomic E-state index is 0.0888. The molecule has 1 aromatic carbocycles. The van der Waals surface area contributed by atoms with Crippen LogP contribution in [0.2, 0.25) is 10.0 Å². The molecule has 2 unspecified atom stereocenters. The molecule has 2 saturated carbocycles. The monoisotopic (exact) mass is 351 g/mol. The second-order valence-corrected chi connectivity index (χ2v) is 7.73. The number of carbonyl (C=O) groups excluding carboxylic acids is 1. The van der Waals surface area contributed by atoms with Gasteiger partial charge in [0.2, 0.25) is 0 Å². The zero-order valence-electron chi connectivity index (χ0n) is 12.9. The Hall–Kier alpha value is -1.23. The standard InChI is InChI=1S/C17H19Cl2N3O/c1-8-14-10(19)5-9(18)6-11(14)21-15(8)16(23)22-13-7-12(20)17(13)3-2-4-17/h5-6,12-13,21H,2-4,7,20H2,1H3,(H,22,23). The topological polar surface area (TPSA) is 70.9 Å². The Kier molecular flexibility index (Phi) is 3.42. The summed E-state index contributed by atoms with van der Waals surface area (Å²) in [6.45, 7) is 1.90. The van der Waals surface area contributed by atoms with Crippen molar-refractivity contribution in [3.63, 3.8) is 0 Å². The van der Waals surface area contributed by atoms with Crippen molar-refractivity contribution in [2.24, 2.45) is 11.1 Å². The van der Waals surface area contributed by atoms with Gasteiger partial charge in [-0.2, -0.15) is 0 Å². The summed E-state index contributed by atoms with van der Waals surface area (Å²) in [6.07, 6.45) is 4.30. The number of aromatic nitrogens is 1. The van der Waals surface area contributed by atoms with Crippen molar-refractivity contribution in [2.45, 2.75) is 44.7 Å². The molecule has 0 bridgehead atoms. The van der Waals surface area contributed by atoms with Crippen molar-refractivity contribution in [3.05, 3.63) is 33.4 Å². The van der Waals surface area contributed by atoms with E-state index in [2.05, 4.69) is 10.3 Å². The first kappa shape index (κ1) is 15.3. The molecule has 23 heavy (non-hydrogen) atoms. The number of carbonyl (C=O) groups is 1. The Labute approximate surface area is 144 Å². The van der Waals surface area contributed by atoms with Crippen LogP contribution in [0.4, 0.5) is 0 Å². The number of nitrogens with two attached hydrogens (primary N) is 1. The summed E-state index contributed by atoms with van der Waals surface area (Å²) in [5.41, 5.74) is 8.49. The van der Waals surface area contributed by atoms with Gasteiger partial charge in [-0.05, 0) is 43.9 Å². The summed E-state index contributed by atoms with van der Waals surface area (Å²) in [7, 11) is 0. The Morgan fingerprint density at radius 1 is 1.39 bits per heavy atom. The van der Waals surface area contributed by atoms with Gasteiger partial charge in [0.1, 0.15) is 5.69 Å². The molecule has 6 heteroatoms. The molecule has 2 fully saturated rings. The summed E-state index contributed by atoms with van der Waals surface area (Å²) in [5, 5.41) is 5.12. The van der Waals surface area contributed by atoms with Crippen LogP contribution in [0.15, 0.2) is 12.1 Å². The number of fused-ring (bicyclic) bond motifs is 1. The fourth-order valence-electron chi connectivity index (χ4n) is 4.19. The maximum absolute atomic E-state index is 12.7. The number of hydrogen-bond donors (Lipinski definition) is 3. The highest BCUT2D eigenvalue weighted by molar-refractivity contribution is 6.39. The van der Waals surface area contributed by atoms with Gasteiger partial charge >= 0.3 is 0 Å². The molecule has 4 rings (SSSR count). The molecule has 2 aliphatic rings. The third-order valence-corrected chi connectivity index (χ3v) is 6.32. The average Bonchev–Trinajstić information content (AvgIpc) is 2.73. The first-order valence-corrected chi connectivity index (χ1v) is 8.72. The van der Waals surface area contributed by atoms with Gasteiger partial charge in [0.15, 0.2) is 0 Å². The Morgan fingerprint density at radius 3 is 2.74 bits per heavy atom. The number of H-pyrrole nitrogens is 1. The molecular weight excluding hydrogens is 333 g/mol. The van der Waals surface area contributed by atoms with Crippen LogP contribution in [-0.2, 0) is 0 Å². The molecule has 0 radical (unpaired) electrons. The van der Waals surface area contributed by atoms with Gasteiger partial charge in [0, 0.05) is 33.4 Å². The second kappa shape index (κ2) is 5.13. The molecule has 1 heterocycles. The van der Waals surface area contributed by atoms with Crippen LogP contribution < -0.4 is 11.1 Å². The highest BCUT2D eigenvalue weighted by atomic mass is 35.5. The van der Waals surface area contributed by atoms with Gasteiger partial charge < -0.3 is 16.0 Å². The molecule has 4 nitrogen and oxygen atoms in total. The van der Waals surface area contributed by atoms with Crippen molar-refractivity contribution in [2.75, 3.05) is 0 Å². The minimum atomic E-state index is -0.0888. The number of halogens is 2. The van der Waals surface area contributed by atoms with Crippen LogP contribution in [0.5, 0.6) is 0 Å². The Balaban J connectivity index is 1.63. The lowest BCUT2D eigenvalue weighted by molar-refractivity contribution is -0.0390. The molecule has 2 aliphatic carbocycles. The number of nitrogens with one attached hydrogen (secondary N) is 2. The molecular formula is C17H19Cl2N3O. The third-order valence-electron chi connectivity index (χ3n) is 5.80. The number of hydrogen-bond acceptors (Lipinski definition) is 2. The summed E-state index contributed by atoms with van der Waals surface area (Å²) in [6, 6.07) is 3.89. The van der Waals surface area contributed by atoms with Gasteiger partial charge in [0.25, 0.3) is 5.91 Å². The molecule has 2 atom stereocenters. The van der Waals surface area contributed by atoms with Gasteiger partial charge in [0.05, 0.1) is 5.02 Å². The first-order valence-electron chi connectivity index (χ1n) is 7.96. The predicted molar refractivity (Wildman–Crippen MR) is 93.2 cm³/mol. The molecule has 0 saturated heterocycles. The van der Waals surface area contributed by atoms with E-state index < -0.39 is 0 Å². The summed E-state index contributed by atoms with van der Waals surface area (Å²) >= 11 is 12.3. The highest BCUT2D eigenvalue weighted by Gasteiger charge is 2.57. The van der Waals surface area contributed by atoms with E-state index in [1.807, 2.05) is 6.92 Å². The van der Waals surface area contributed by atoms with Crippen LogP contribution in [0.1, 0.15) is 41.7 Å². The quantitative estimate of drug-likeness (QED) is 0.770. The summed E-state index contributed by atoms with van der Waals surface area (Å²) < 4.78 is 0. The van der Waals surface area contributed by atoms with E-state index in [0.29, 0.717) is 15.7 Å². The largest absolute Gasteiger partial charge is 0.350 e. The smallest absolute Gasteiger partial charge is 0.268 e. The van der Waals surface area contributed by atoms with Crippen molar-refractivity contribution in [3.8, 4) is 0 Å². The van der Waals surface area contributed by atoms with Gasteiger partial charge in [-0.15, -0.1) is 0 Å². The Bertz CT molecular complexity index is 810. The van der Waals surface area contributed by atoms with Gasteiger partial charge in [-0.3, -0.25) is 4.79 Å². The lowest BCUT2D eigenvalue weighted by Gasteiger charge is -2.60. The van der Waals surface area contributed by atoms with Crippen LogP contribution in [0, 0.1) is 12.3 Å². The third kappa shape index (κ3) is 2.12. The van der Waals surface area contributed by atoms with E-state index in [1.54, 1.807) is 12.1 Å². The molecule has 122 valence electrons. The summed E-state index contributed by atoms with van der Waals surface area (Å²) in [4.78, 5) is 15.9. The van der Waals surface area contributed by atoms with Gasteiger partial charge in [-0.1, -0.05) is 29.6 Å². The number of amides is 1. The van der Waals surface area contributed by atoms with E-state index in [1.165, 1.54) is 6.42 Å². The van der Waals surface area contributed by atoms with E-state index in [4.69, 9.17) is 28.9 Å². The van der Waals surface area contributed by atoms with Crippen molar-refractivity contribution in [1.29, 1.82) is 0 Å². The van der Waals surface area contributed by atoms with E-state index in [0.717, 1.165) is 35.7 Å². The average molecular weight is 352 g/mol. The van der Waals surface area contributed by atoms with Crippen molar-refractivity contribution < 1.29 is 4.79 Å². The molecule has 0 aliphatic heterocycles. The van der Waals surface area contributed by atoms with E-state index >= 15 is 0 Å². The van der Waals surface area contributed by atoms with Crippen LogP contribution >= 0.6 is 23.2 Å². The molecule has 1 amide bonds. The van der Waals surface area contributed by atoms with Crippen LogP contribution in [-0.4, -0.2) is 23.0 Å². The van der Waals surface area contributed by atoms with Crippen LogP contribution in [0.25, 0.3) is 10.9 Å². The zero-order valence-corrected chi connectivity index (χ0v) is 14.4. The number of benzene rings is 1. The zero-order chi connectivity index (χ0) is 16.4. The lowest BCUT2D eigenvalue weighted by atomic mass is 9.50.